The quantitative estimate of drug-likeness (QED) is 0.245. The van der Waals surface area contributed by atoms with Crippen molar-refractivity contribution in [3.05, 3.63) is 77.6 Å². The third-order valence-electron chi connectivity index (χ3n) is 6.66. The first kappa shape index (κ1) is 22.3. The summed E-state index contributed by atoms with van der Waals surface area (Å²) in [5.41, 5.74) is 7.80. The standard InChI is InChI=1S/C29H26FN5O/c1-15(2)19-7-6-8-20(16(3)4)26(19)35-24-14-31-17(5)11-23(24)33-27(35)18-12-22-21-9-10-25(30)34-29(21)36-28(22)32-13-18/h6-16H,1-5H3. The zero-order chi connectivity index (χ0) is 25.1. The van der Waals surface area contributed by atoms with E-state index in [0.29, 0.717) is 22.9 Å². The van der Waals surface area contributed by atoms with Gasteiger partial charge in [-0.15, -0.1) is 0 Å². The van der Waals surface area contributed by atoms with Gasteiger partial charge in [0.1, 0.15) is 5.82 Å². The highest BCUT2D eigenvalue weighted by atomic mass is 19.1. The highest BCUT2D eigenvalue weighted by Gasteiger charge is 2.23. The highest BCUT2D eigenvalue weighted by Crippen LogP contribution is 2.38. The first-order chi connectivity index (χ1) is 17.3. The number of imidazole rings is 1. The molecule has 7 heteroatoms. The van der Waals surface area contributed by atoms with Crippen LogP contribution in [0, 0.1) is 12.9 Å². The first-order valence-corrected chi connectivity index (χ1v) is 12.1. The van der Waals surface area contributed by atoms with Gasteiger partial charge in [-0.25, -0.2) is 9.97 Å². The Labute approximate surface area is 207 Å². The normalized spacial score (nSPS) is 12.1. The molecule has 0 aliphatic carbocycles. The fourth-order valence-electron chi connectivity index (χ4n) is 4.91. The largest absolute Gasteiger partial charge is 0.419 e. The summed E-state index contributed by atoms with van der Waals surface area (Å²) in [6.45, 7) is 10.8. The number of nitrogens with zero attached hydrogens (tertiary/aromatic N) is 5. The van der Waals surface area contributed by atoms with Crippen molar-refractivity contribution in [3.63, 3.8) is 0 Å². The van der Waals surface area contributed by atoms with Gasteiger partial charge in [-0.2, -0.15) is 9.37 Å². The van der Waals surface area contributed by atoms with Crippen molar-refractivity contribution in [2.75, 3.05) is 0 Å². The Hall–Kier alpha value is -4.13. The molecule has 0 unspecified atom stereocenters. The summed E-state index contributed by atoms with van der Waals surface area (Å²) in [6.07, 6.45) is 3.65. The number of para-hydroxylation sites is 1. The average Bonchev–Trinajstić information content (AvgIpc) is 3.40. The Kier molecular flexibility index (Phi) is 5.10. The molecule has 180 valence electrons. The topological polar surface area (TPSA) is 69.6 Å². The molecule has 0 spiro atoms. The van der Waals surface area contributed by atoms with Gasteiger partial charge in [0.2, 0.25) is 17.4 Å². The number of furan rings is 1. The lowest BCUT2D eigenvalue weighted by molar-refractivity contribution is 0.567. The van der Waals surface area contributed by atoms with E-state index in [9.17, 15) is 4.39 Å². The Bertz CT molecular complexity index is 1750. The van der Waals surface area contributed by atoms with Crippen LogP contribution in [0.5, 0.6) is 0 Å². The average molecular weight is 480 g/mol. The van der Waals surface area contributed by atoms with Crippen LogP contribution in [0.1, 0.15) is 56.4 Å². The lowest BCUT2D eigenvalue weighted by Crippen LogP contribution is -2.08. The minimum absolute atomic E-state index is 0.232. The first-order valence-electron chi connectivity index (χ1n) is 12.1. The smallest absolute Gasteiger partial charge is 0.232 e. The van der Waals surface area contributed by atoms with E-state index in [1.807, 2.05) is 25.3 Å². The van der Waals surface area contributed by atoms with Crippen LogP contribution in [0.2, 0.25) is 0 Å². The summed E-state index contributed by atoms with van der Waals surface area (Å²) in [4.78, 5) is 18.1. The summed E-state index contributed by atoms with van der Waals surface area (Å²) in [6, 6.07) is 13.5. The molecule has 0 N–H and O–H groups in total. The summed E-state index contributed by atoms with van der Waals surface area (Å²) in [7, 11) is 0. The molecule has 6 nitrogen and oxygen atoms in total. The Morgan fingerprint density at radius 3 is 2.31 bits per heavy atom. The van der Waals surface area contributed by atoms with Crippen molar-refractivity contribution in [1.29, 1.82) is 0 Å². The van der Waals surface area contributed by atoms with E-state index in [1.54, 1.807) is 12.3 Å². The van der Waals surface area contributed by atoms with Crippen molar-refractivity contribution in [3.8, 4) is 17.1 Å². The van der Waals surface area contributed by atoms with Crippen molar-refractivity contribution in [2.45, 2.75) is 46.5 Å². The van der Waals surface area contributed by atoms with Crippen LogP contribution < -0.4 is 0 Å². The Morgan fingerprint density at radius 2 is 1.58 bits per heavy atom. The molecule has 0 aliphatic heterocycles. The number of aromatic nitrogens is 5. The molecule has 0 saturated heterocycles. The van der Waals surface area contributed by atoms with Gasteiger partial charge in [0.15, 0.2) is 0 Å². The number of halogens is 1. The molecule has 1 aromatic carbocycles. The lowest BCUT2D eigenvalue weighted by Gasteiger charge is -2.22. The second-order valence-corrected chi connectivity index (χ2v) is 9.85. The Morgan fingerprint density at radius 1 is 0.833 bits per heavy atom. The second kappa shape index (κ2) is 8.22. The number of fused-ring (bicyclic) bond motifs is 4. The number of pyridine rings is 3. The third kappa shape index (κ3) is 3.46. The van der Waals surface area contributed by atoms with E-state index in [4.69, 9.17) is 9.40 Å². The number of benzene rings is 1. The maximum absolute atomic E-state index is 13.7. The molecule has 5 aromatic heterocycles. The van der Waals surface area contributed by atoms with Crippen molar-refractivity contribution in [2.24, 2.45) is 0 Å². The summed E-state index contributed by atoms with van der Waals surface area (Å²) >= 11 is 0. The maximum atomic E-state index is 13.7. The molecule has 0 atom stereocenters. The van der Waals surface area contributed by atoms with E-state index in [2.05, 4.69) is 65.4 Å². The van der Waals surface area contributed by atoms with E-state index in [-0.39, 0.29) is 5.71 Å². The minimum Gasteiger partial charge on any atom is -0.419 e. The molecular weight excluding hydrogens is 453 g/mol. The van der Waals surface area contributed by atoms with E-state index in [1.165, 1.54) is 17.2 Å². The number of hydrogen-bond donors (Lipinski definition) is 0. The van der Waals surface area contributed by atoms with E-state index in [0.717, 1.165) is 39.2 Å². The summed E-state index contributed by atoms with van der Waals surface area (Å²) in [5, 5.41) is 1.48. The molecule has 0 radical (unpaired) electrons. The zero-order valence-electron chi connectivity index (χ0n) is 20.9. The second-order valence-electron chi connectivity index (χ2n) is 9.85. The molecule has 6 aromatic rings. The van der Waals surface area contributed by atoms with Crippen LogP contribution in [0.4, 0.5) is 4.39 Å². The van der Waals surface area contributed by atoms with Crippen molar-refractivity contribution in [1.82, 2.24) is 24.5 Å². The van der Waals surface area contributed by atoms with Gasteiger partial charge in [-0.05, 0) is 54.2 Å². The molecule has 0 fully saturated rings. The predicted octanol–water partition coefficient (Wildman–Crippen LogP) is 7.47. The number of hydrogen-bond acceptors (Lipinski definition) is 5. The SMILES string of the molecule is Cc1cc2nc(-c3cnc4oc5nc(F)ccc5c4c3)n(-c3c(C(C)C)cccc3C(C)C)c2cn1. The molecule has 0 saturated carbocycles. The van der Waals surface area contributed by atoms with Gasteiger partial charge in [0.25, 0.3) is 0 Å². The van der Waals surface area contributed by atoms with Crippen LogP contribution in [0.3, 0.4) is 0 Å². The fraction of sp³-hybridized carbons (Fsp3) is 0.241. The number of rotatable bonds is 4. The Balaban J connectivity index is 1.71. The van der Waals surface area contributed by atoms with Gasteiger partial charge in [0.05, 0.1) is 33.7 Å². The van der Waals surface area contributed by atoms with Crippen molar-refractivity contribution >= 4 is 33.2 Å². The number of aryl methyl sites for hydroxylation is 1. The molecule has 5 heterocycles. The van der Waals surface area contributed by atoms with Crippen molar-refractivity contribution < 1.29 is 8.81 Å². The molecule has 0 aliphatic rings. The van der Waals surface area contributed by atoms with Crippen LogP contribution in [0.25, 0.3) is 50.3 Å². The molecule has 6 rings (SSSR count). The summed E-state index contributed by atoms with van der Waals surface area (Å²) in [5.74, 6) is 0.799. The third-order valence-corrected chi connectivity index (χ3v) is 6.66. The summed E-state index contributed by atoms with van der Waals surface area (Å²) < 4.78 is 21.6. The molecule has 0 amide bonds. The monoisotopic (exact) mass is 479 g/mol. The van der Waals surface area contributed by atoms with E-state index >= 15 is 0 Å². The van der Waals surface area contributed by atoms with E-state index < -0.39 is 5.95 Å². The lowest BCUT2D eigenvalue weighted by atomic mass is 9.92. The fourth-order valence-corrected chi connectivity index (χ4v) is 4.91. The van der Waals surface area contributed by atoms with Gasteiger partial charge in [-0.1, -0.05) is 45.9 Å². The molecular formula is C29H26FN5O. The molecule has 0 bridgehead atoms. The zero-order valence-corrected chi connectivity index (χ0v) is 20.9. The minimum atomic E-state index is -0.585. The van der Waals surface area contributed by atoms with Crippen LogP contribution in [0.15, 0.2) is 59.3 Å². The molecule has 36 heavy (non-hydrogen) atoms. The van der Waals surface area contributed by atoms with Gasteiger partial charge in [-0.3, -0.25) is 9.55 Å². The van der Waals surface area contributed by atoms with Crippen LogP contribution in [-0.4, -0.2) is 24.5 Å². The van der Waals surface area contributed by atoms with Gasteiger partial charge < -0.3 is 4.42 Å². The van der Waals surface area contributed by atoms with Crippen LogP contribution >= 0.6 is 0 Å². The predicted molar refractivity (Wildman–Crippen MR) is 140 cm³/mol. The van der Waals surface area contributed by atoms with Crippen LogP contribution in [-0.2, 0) is 0 Å². The highest BCUT2D eigenvalue weighted by molar-refractivity contribution is 6.03. The van der Waals surface area contributed by atoms with Gasteiger partial charge >= 0.3 is 0 Å². The van der Waals surface area contributed by atoms with Gasteiger partial charge in [0, 0.05) is 17.5 Å². The maximum Gasteiger partial charge on any atom is 0.232 e.